The van der Waals surface area contributed by atoms with E-state index in [-0.39, 0.29) is 5.97 Å². The van der Waals surface area contributed by atoms with Gasteiger partial charge in [0.15, 0.2) is 0 Å². The molecular formula is C10H12O2. The normalized spacial score (nSPS) is 9.42. The lowest BCUT2D eigenvalue weighted by atomic mass is 10.3. The van der Waals surface area contributed by atoms with Crippen LogP contribution >= 0.6 is 0 Å². The Morgan fingerprint density at radius 3 is 2.58 bits per heavy atom. The second-order valence-electron chi connectivity index (χ2n) is 2.58. The van der Waals surface area contributed by atoms with Crippen molar-refractivity contribution in [1.29, 1.82) is 0 Å². The van der Waals surface area contributed by atoms with Crippen LogP contribution in [0, 0.1) is 0 Å². The Labute approximate surface area is 72.2 Å². The predicted octanol–water partition coefficient (Wildman–Crippen LogP) is 1.79. The molecule has 0 N–H and O–H groups in total. The molecular weight excluding hydrogens is 154 g/mol. The van der Waals surface area contributed by atoms with Crippen molar-refractivity contribution in [2.75, 3.05) is 6.61 Å². The summed E-state index contributed by atoms with van der Waals surface area (Å²) in [4.78, 5) is 10.4. The molecule has 1 aromatic rings. The molecule has 0 aromatic heterocycles. The van der Waals surface area contributed by atoms with E-state index in [9.17, 15) is 4.79 Å². The molecule has 1 rings (SSSR count). The van der Waals surface area contributed by atoms with Crippen molar-refractivity contribution in [1.82, 2.24) is 0 Å². The average molecular weight is 166 g/mol. The van der Waals surface area contributed by atoms with Gasteiger partial charge in [-0.15, -0.1) is 0 Å². The fraction of sp³-hybridized carbons (Fsp3) is 0.300. The first-order chi connectivity index (χ1) is 5.79. The van der Waals surface area contributed by atoms with Crippen molar-refractivity contribution in [2.24, 2.45) is 0 Å². The topological polar surface area (TPSA) is 26.3 Å². The molecule has 0 heterocycles. The van der Waals surface area contributed by atoms with Crippen molar-refractivity contribution in [3.05, 3.63) is 35.9 Å². The van der Waals surface area contributed by atoms with Crippen molar-refractivity contribution in [3.63, 3.8) is 0 Å². The lowest BCUT2D eigenvalue weighted by Gasteiger charge is -2.00. The van der Waals surface area contributed by atoms with Crippen LogP contribution in [0.4, 0.5) is 0 Å². The van der Waals surface area contributed by atoms with Crippen LogP contribution < -0.4 is 0 Å². The Morgan fingerprint density at radius 1 is 1.33 bits per heavy atom. The van der Waals surface area contributed by atoms with Crippen molar-refractivity contribution >= 4 is 5.97 Å². The number of hydrogen-bond donors (Lipinski definition) is 0. The molecule has 64 valence electrons. The van der Waals surface area contributed by atoms with Crippen LogP contribution in [0.25, 0.3) is 0 Å². The van der Waals surface area contributed by atoms with Crippen LogP contribution in [0.15, 0.2) is 30.3 Å². The number of esters is 1. The standard InChI is InChI=1S/C10H12O2/c1-9(11)12-8-7-10-5-3-2-4-6-10/h2-6H,7-8H2,1H3/i7+1,8+1. The summed E-state index contributed by atoms with van der Waals surface area (Å²) in [6.45, 7) is 1.89. The quantitative estimate of drug-likeness (QED) is 0.505. The molecule has 0 saturated heterocycles. The summed E-state index contributed by atoms with van der Waals surface area (Å²) in [6, 6.07) is 9.95. The highest BCUT2D eigenvalue weighted by Gasteiger charge is 1.93. The van der Waals surface area contributed by atoms with Crippen LogP contribution in [-0.2, 0) is 16.0 Å². The molecule has 2 heteroatoms. The van der Waals surface area contributed by atoms with E-state index in [0.717, 1.165) is 6.42 Å². The van der Waals surface area contributed by atoms with Crippen molar-refractivity contribution in [2.45, 2.75) is 13.3 Å². The molecule has 1 aromatic carbocycles. The average Bonchev–Trinajstić information content (AvgIpc) is 2.05. The Bertz CT molecular complexity index is 241. The zero-order valence-electron chi connectivity index (χ0n) is 7.12. The Morgan fingerprint density at radius 2 is 2.00 bits per heavy atom. The molecule has 0 saturated carbocycles. The van der Waals surface area contributed by atoms with Gasteiger partial charge in [0.05, 0.1) is 6.61 Å². The molecule has 2 nitrogen and oxygen atoms in total. The number of hydrogen-bond acceptors (Lipinski definition) is 2. The second kappa shape index (κ2) is 4.54. The molecule has 0 unspecified atom stereocenters. The number of benzene rings is 1. The molecule has 0 atom stereocenters. The summed E-state index contributed by atoms with van der Waals surface area (Å²) < 4.78 is 4.81. The van der Waals surface area contributed by atoms with Gasteiger partial charge in [0.1, 0.15) is 0 Å². The number of rotatable bonds is 3. The first-order valence-corrected chi connectivity index (χ1v) is 3.96. The zero-order valence-corrected chi connectivity index (χ0v) is 7.12. The summed E-state index contributed by atoms with van der Waals surface area (Å²) in [5.41, 5.74) is 1.19. The van der Waals surface area contributed by atoms with Crippen LogP contribution in [0.5, 0.6) is 0 Å². The van der Waals surface area contributed by atoms with E-state index < -0.39 is 0 Å². The minimum Gasteiger partial charge on any atom is -0.466 e. The lowest BCUT2D eigenvalue weighted by molar-refractivity contribution is -0.140. The zero-order chi connectivity index (χ0) is 8.81. The highest BCUT2D eigenvalue weighted by Crippen LogP contribution is 1.99. The first kappa shape index (κ1) is 8.78. The number of ether oxygens (including phenoxy) is 1. The van der Waals surface area contributed by atoms with E-state index in [1.54, 1.807) is 0 Å². The predicted molar refractivity (Wildman–Crippen MR) is 46.8 cm³/mol. The maximum absolute atomic E-state index is 10.4. The summed E-state index contributed by atoms with van der Waals surface area (Å²) >= 11 is 0. The lowest BCUT2D eigenvalue weighted by Crippen LogP contribution is -2.02. The fourth-order valence-corrected chi connectivity index (χ4v) is 0.957. The largest absolute Gasteiger partial charge is 0.466 e. The maximum atomic E-state index is 10.4. The minimum atomic E-state index is -0.217. The highest BCUT2D eigenvalue weighted by molar-refractivity contribution is 5.65. The molecule has 12 heavy (non-hydrogen) atoms. The van der Waals surface area contributed by atoms with E-state index in [1.165, 1.54) is 12.5 Å². The van der Waals surface area contributed by atoms with Gasteiger partial charge in [0.25, 0.3) is 0 Å². The molecule has 0 aliphatic heterocycles. The van der Waals surface area contributed by atoms with E-state index in [0.29, 0.717) is 6.61 Å². The molecule has 0 radical (unpaired) electrons. The van der Waals surface area contributed by atoms with Gasteiger partial charge in [0.2, 0.25) is 0 Å². The Balaban J connectivity index is 2.29. The van der Waals surface area contributed by atoms with Crippen molar-refractivity contribution in [3.8, 4) is 0 Å². The molecule has 0 bridgehead atoms. The molecule has 0 spiro atoms. The SMILES string of the molecule is CC(=O)O[13CH2][13CH2]c1ccccc1. The number of carbonyl (C=O) groups excluding carboxylic acids is 1. The van der Waals surface area contributed by atoms with E-state index in [1.807, 2.05) is 30.3 Å². The fourth-order valence-electron chi connectivity index (χ4n) is 0.957. The molecule has 0 fully saturated rings. The maximum Gasteiger partial charge on any atom is 0.302 e. The van der Waals surface area contributed by atoms with Gasteiger partial charge < -0.3 is 4.74 Å². The van der Waals surface area contributed by atoms with Crippen LogP contribution in [0.2, 0.25) is 0 Å². The van der Waals surface area contributed by atoms with Gasteiger partial charge in [-0.3, -0.25) is 4.79 Å². The summed E-state index contributed by atoms with van der Waals surface area (Å²) in [7, 11) is 0. The van der Waals surface area contributed by atoms with Gasteiger partial charge >= 0.3 is 5.97 Å². The van der Waals surface area contributed by atoms with E-state index in [4.69, 9.17) is 4.74 Å². The van der Waals surface area contributed by atoms with Crippen molar-refractivity contribution < 1.29 is 9.53 Å². The molecule has 0 aliphatic rings. The first-order valence-electron chi connectivity index (χ1n) is 3.96. The van der Waals surface area contributed by atoms with Gasteiger partial charge in [-0.2, -0.15) is 0 Å². The van der Waals surface area contributed by atoms with Gasteiger partial charge in [-0.1, -0.05) is 30.3 Å². The Hall–Kier alpha value is -1.31. The second-order valence-corrected chi connectivity index (χ2v) is 2.58. The van der Waals surface area contributed by atoms with Crippen LogP contribution in [0.3, 0.4) is 0 Å². The summed E-state index contributed by atoms with van der Waals surface area (Å²) in [5.74, 6) is -0.217. The molecule has 0 aliphatic carbocycles. The van der Waals surface area contributed by atoms with Gasteiger partial charge in [-0.25, -0.2) is 0 Å². The molecule has 0 amide bonds. The third-order valence-corrected chi connectivity index (χ3v) is 1.54. The van der Waals surface area contributed by atoms with Gasteiger partial charge in [-0.05, 0) is 5.56 Å². The monoisotopic (exact) mass is 166 g/mol. The van der Waals surface area contributed by atoms with Crippen LogP contribution in [-0.4, -0.2) is 12.6 Å². The third kappa shape index (κ3) is 3.19. The highest BCUT2D eigenvalue weighted by atomic mass is 16.6. The minimum absolute atomic E-state index is 0.217. The van der Waals surface area contributed by atoms with Gasteiger partial charge in [0, 0.05) is 13.3 Å². The van der Waals surface area contributed by atoms with Crippen LogP contribution in [0.1, 0.15) is 12.5 Å². The van der Waals surface area contributed by atoms with E-state index in [2.05, 4.69) is 0 Å². The third-order valence-electron chi connectivity index (χ3n) is 1.54. The number of carbonyl (C=O) groups is 1. The summed E-state index contributed by atoms with van der Waals surface area (Å²) in [5, 5.41) is 0. The van der Waals surface area contributed by atoms with E-state index >= 15 is 0 Å². The summed E-state index contributed by atoms with van der Waals surface area (Å²) in [6.07, 6.45) is 0.792. The smallest absolute Gasteiger partial charge is 0.302 e. The Kier molecular flexibility index (Phi) is 3.33.